The molecule has 90 valence electrons. The molecule has 0 saturated carbocycles. The van der Waals surface area contributed by atoms with Crippen molar-refractivity contribution in [1.82, 2.24) is 9.97 Å². The summed E-state index contributed by atoms with van der Waals surface area (Å²) in [4.78, 5) is 7.09. The van der Waals surface area contributed by atoms with Crippen LogP contribution in [0.2, 0.25) is 10.0 Å². The lowest BCUT2D eigenvalue weighted by atomic mass is 10.1. The lowest BCUT2D eigenvalue weighted by Crippen LogP contribution is -1.89. The Morgan fingerprint density at radius 2 is 2.00 bits per heavy atom. The van der Waals surface area contributed by atoms with E-state index in [1.54, 1.807) is 12.1 Å². The van der Waals surface area contributed by atoms with Crippen LogP contribution >= 0.6 is 23.2 Å². The Morgan fingerprint density at radius 3 is 2.53 bits per heavy atom. The van der Waals surface area contributed by atoms with E-state index in [9.17, 15) is 0 Å². The van der Waals surface area contributed by atoms with Gasteiger partial charge in [-0.3, -0.25) is 0 Å². The van der Waals surface area contributed by atoms with E-state index in [1.165, 1.54) is 7.11 Å². The fraction of sp³-hybridized carbons (Fsp3) is 0.182. The molecule has 0 unspecified atom stereocenters. The van der Waals surface area contributed by atoms with Gasteiger partial charge in [0.25, 0.3) is 0 Å². The summed E-state index contributed by atoms with van der Waals surface area (Å²) in [6.45, 7) is 1.87. The number of halogens is 2. The number of H-pyrrole nitrogens is 1. The van der Waals surface area contributed by atoms with Gasteiger partial charge in [-0.25, -0.2) is 4.98 Å². The molecule has 0 aliphatic rings. The molecule has 17 heavy (non-hydrogen) atoms. The maximum atomic E-state index is 6.16. The number of imidazole rings is 1. The van der Waals surface area contributed by atoms with E-state index in [2.05, 4.69) is 9.97 Å². The molecule has 1 aromatic carbocycles. The zero-order valence-electron chi connectivity index (χ0n) is 9.34. The predicted molar refractivity (Wildman–Crippen MR) is 69.7 cm³/mol. The van der Waals surface area contributed by atoms with Crippen LogP contribution in [-0.4, -0.2) is 17.1 Å². The van der Waals surface area contributed by atoms with E-state index in [0.29, 0.717) is 27.4 Å². The SMILES string of the molecule is COc1cc(Cl)c(-c2nc(N)[nH]c2C)cc1Cl. The molecule has 0 saturated heterocycles. The van der Waals surface area contributed by atoms with E-state index in [4.69, 9.17) is 33.7 Å². The predicted octanol–water partition coefficient (Wildman–Crippen LogP) is 3.28. The van der Waals surface area contributed by atoms with Crippen LogP contribution in [0, 0.1) is 6.92 Å². The van der Waals surface area contributed by atoms with Crippen LogP contribution in [0.5, 0.6) is 5.75 Å². The molecule has 0 bridgehead atoms. The van der Waals surface area contributed by atoms with Gasteiger partial charge in [-0.2, -0.15) is 0 Å². The Morgan fingerprint density at radius 1 is 1.29 bits per heavy atom. The molecule has 0 aliphatic carbocycles. The molecule has 2 aromatic rings. The fourth-order valence-corrected chi connectivity index (χ4v) is 2.10. The zero-order chi connectivity index (χ0) is 12.6. The number of aromatic nitrogens is 2. The quantitative estimate of drug-likeness (QED) is 0.881. The Bertz CT molecular complexity index is 566. The van der Waals surface area contributed by atoms with Gasteiger partial charge < -0.3 is 15.5 Å². The first kappa shape index (κ1) is 12.1. The molecular formula is C11H11Cl2N3O. The van der Waals surface area contributed by atoms with Gasteiger partial charge in [-0.1, -0.05) is 23.2 Å². The number of methoxy groups -OCH3 is 1. The number of hydrogen-bond acceptors (Lipinski definition) is 3. The number of anilines is 1. The molecule has 0 spiro atoms. The minimum absolute atomic E-state index is 0.348. The molecule has 0 aliphatic heterocycles. The highest BCUT2D eigenvalue weighted by Crippen LogP contribution is 2.37. The Balaban J connectivity index is 2.60. The molecule has 0 amide bonds. The first-order valence-electron chi connectivity index (χ1n) is 4.88. The van der Waals surface area contributed by atoms with E-state index in [0.717, 1.165) is 11.3 Å². The van der Waals surface area contributed by atoms with Crippen molar-refractivity contribution in [2.75, 3.05) is 12.8 Å². The molecule has 2 rings (SSSR count). The summed E-state index contributed by atoms with van der Waals surface area (Å²) in [5, 5.41) is 0.994. The third kappa shape index (κ3) is 2.18. The van der Waals surface area contributed by atoms with Crippen molar-refractivity contribution in [3.63, 3.8) is 0 Å². The molecule has 1 aromatic heterocycles. The third-order valence-corrected chi connectivity index (χ3v) is 3.01. The zero-order valence-corrected chi connectivity index (χ0v) is 10.9. The van der Waals surface area contributed by atoms with Gasteiger partial charge in [0.15, 0.2) is 5.95 Å². The summed E-state index contributed by atoms with van der Waals surface area (Å²) >= 11 is 12.2. The number of nitrogens with zero attached hydrogens (tertiary/aromatic N) is 1. The summed E-state index contributed by atoms with van der Waals surface area (Å²) < 4.78 is 5.08. The van der Waals surface area contributed by atoms with Crippen molar-refractivity contribution in [3.8, 4) is 17.0 Å². The van der Waals surface area contributed by atoms with Crippen LogP contribution in [-0.2, 0) is 0 Å². The smallest absolute Gasteiger partial charge is 0.198 e. The maximum absolute atomic E-state index is 6.16. The van der Waals surface area contributed by atoms with Crippen molar-refractivity contribution in [3.05, 3.63) is 27.9 Å². The van der Waals surface area contributed by atoms with Crippen LogP contribution in [0.4, 0.5) is 5.95 Å². The van der Waals surface area contributed by atoms with Gasteiger partial charge in [0.05, 0.1) is 22.8 Å². The van der Waals surface area contributed by atoms with Gasteiger partial charge in [-0.05, 0) is 13.0 Å². The number of nitrogens with one attached hydrogen (secondary N) is 1. The van der Waals surface area contributed by atoms with Gasteiger partial charge in [0, 0.05) is 17.3 Å². The molecule has 0 fully saturated rings. The first-order valence-corrected chi connectivity index (χ1v) is 5.64. The largest absolute Gasteiger partial charge is 0.495 e. The van der Waals surface area contributed by atoms with Crippen LogP contribution in [0.15, 0.2) is 12.1 Å². The van der Waals surface area contributed by atoms with Crippen LogP contribution < -0.4 is 10.5 Å². The van der Waals surface area contributed by atoms with Gasteiger partial charge >= 0.3 is 0 Å². The monoisotopic (exact) mass is 271 g/mol. The minimum atomic E-state index is 0.348. The third-order valence-electron chi connectivity index (χ3n) is 2.40. The summed E-state index contributed by atoms with van der Waals surface area (Å²) in [6, 6.07) is 3.37. The average molecular weight is 272 g/mol. The molecule has 6 heteroatoms. The topological polar surface area (TPSA) is 63.9 Å². The second kappa shape index (κ2) is 4.47. The molecule has 0 atom stereocenters. The summed E-state index contributed by atoms with van der Waals surface area (Å²) in [5.41, 5.74) is 7.85. The van der Waals surface area contributed by atoms with Gasteiger partial charge in [0.1, 0.15) is 5.75 Å². The van der Waals surface area contributed by atoms with Gasteiger partial charge in [0.2, 0.25) is 0 Å². The number of aromatic amines is 1. The number of aryl methyl sites for hydroxylation is 1. The van der Waals surface area contributed by atoms with Crippen molar-refractivity contribution in [2.24, 2.45) is 0 Å². The highest BCUT2D eigenvalue weighted by molar-refractivity contribution is 6.36. The van der Waals surface area contributed by atoms with E-state index in [-0.39, 0.29) is 0 Å². The van der Waals surface area contributed by atoms with Crippen molar-refractivity contribution >= 4 is 29.2 Å². The van der Waals surface area contributed by atoms with Crippen molar-refractivity contribution < 1.29 is 4.74 Å². The number of ether oxygens (including phenoxy) is 1. The second-order valence-corrected chi connectivity index (χ2v) is 4.38. The van der Waals surface area contributed by atoms with E-state index < -0.39 is 0 Å². The van der Waals surface area contributed by atoms with Crippen molar-refractivity contribution in [1.29, 1.82) is 0 Å². The van der Waals surface area contributed by atoms with E-state index >= 15 is 0 Å². The molecular weight excluding hydrogens is 261 g/mol. The number of hydrogen-bond donors (Lipinski definition) is 2. The first-order chi connectivity index (χ1) is 8.02. The standard InChI is InChI=1S/C11H11Cl2N3O/c1-5-10(16-11(14)15-5)6-3-8(13)9(17-2)4-7(6)12/h3-4H,1-2H3,(H3,14,15,16). The average Bonchev–Trinajstić information content (AvgIpc) is 2.60. The summed E-state index contributed by atoms with van der Waals surface area (Å²) in [5.74, 6) is 0.877. The highest BCUT2D eigenvalue weighted by atomic mass is 35.5. The minimum Gasteiger partial charge on any atom is -0.495 e. The lowest BCUT2D eigenvalue weighted by Gasteiger charge is -2.07. The number of nitrogens with two attached hydrogens (primary N) is 1. The summed E-state index contributed by atoms with van der Waals surface area (Å²) in [7, 11) is 1.54. The molecule has 1 heterocycles. The molecule has 4 nitrogen and oxygen atoms in total. The Labute approximate surface area is 109 Å². The number of rotatable bonds is 2. The van der Waals surface area contributed by atoms with Crippen LogP contribution in [0.1, 0.15) is 5.69 Å². The Kier molecular flexibility index (Phi) is 3.17. The lowest BCUT2D eigenvalue weighted by molar-refractivity contribution is 0.415. The second-order valence-electron chi connectivity index (χ2n) is 3.56. The van der Waals surface area contributed by atoms with Crippen LogP contribution in [0.25, 0.3) is 11.3 Å². The van der Waals surface area contributed by atoms with Crippen molar-refractivity contribution in [2.45, 2.75) is 6.92 Å². The fourth-order valence-electron chi connectivity index (χ4n) is 1.61. The maximum Gasteiger partial charge on any atom is 0.198 e. The Hall–Kier alpha value is -1.39. The number of benzene rings is 1. The van der Waals surface area contributed by atoms with Gasteiger partial charge in [-0.15, -0.1) is 0 Å². The number of nitrogen functional groups attached to an aromatic ring is 1. The summed E-state index contributed by atoms with van der Waals surface area (Å²) in [6.07, 6.45) is 0. The van der Waals surface area contributed by atoms with E-state index in [1.807, 2.05) is 6.92 Å². The molecule has 3 N–H and O–H groups in total. The molecule has 0 radical (unpaired) electrons. The highest BCUT2D eigenvalue weighted by Gasteiger charge is 2.14. The van der Waals surface area contributed by atoms with Crippen LogP contribution in [0.3, 0.4) is 0 Å². The normalized spacial score (nSPS) is 10.6.